The van der Waals surface area contributed by atoms with Gasteiger partial charge >= 0.3 is 0 Å². The lowest BCUT2D eigenvalue weighted by Crippen LogP contribution is -2.43. The van der Waals surface area contributed by atoms with Crippen LogP contribution in [0.15, 0.2) is 48.8 Å². The molecule has 0 spiro atoms. The Bertz CT molecular complexity index is 759. The minimum Gasteiger partial charge on any atom is -0.346 e. The Morgan fingerprint density at radius 2 is 1.85 bits per heavy atom. The van der Waals surface area contributed by atoms with E-state index < -0.39 is 5.92 Å². The lowest BCUT2D eigenvalue weighted by atomic mass is 9.91. The molecule has 0 saturated carbocycles. The zero-order valence-electron chi connectivity index (χ0n) is 15.2. The van der Waals surface area contributed by atoms with E-state index in [1.165, 1.54) is 6.42 Å². The van der Waals surface area contributed by atoms with Crippen LogP contribution in [0.4, 0.5) is 0 Å². The number of amides is 2. The van der Waals surface area contributed by atoms with Crippen molar-refractivity contribution < 1.29 is 9.59 Å². The van der Waals surface area contributed by atoms with Crippen molar-refractivity contribution in [2.24, 2.45) is 0 Å². The van der Waals surface area contributed by atoms with E-state index in [1.54, 1.807) is 24.5 Å². The van der Waals surface area contributed by atoms with Crippen molar-refractivity contribution in [3.05, 3.63) is 64.9 Å². The lowest BCUT2D eigenvalue weighted by molar-refractivity contribution is -0.133. The summed E-state index contributed by atoms with van der Waals surface area (Å²) in [5, 5.41) is 3.45. The number of benzene rings is 1. The van der Waals surface area contributed by atoms with Gasteiger partial charge in [-0.2, -0.15) is 0 Å². The van der Waals surface area contributed by atoms with Crippen LogP contribution in [0.1, 0.15) is 36.3 Å². The molecule has 0 radical (unpaired) electrons. The van der Waals surface area contributed by atoms with E-state index in [0.717, 1.165) is 37.1 Å². The van der Waals surface area contributed by atoms with Crippen molar-refractivity contribution in [2.75, 3.05) is 19.6 Å². The normalized spacial score (nSPS) is 15.2. The number of rotatable bonds is 6. The Morgan fingerprint density at radius 1 is 1.11 bits per heavy atom. The predicted octanol–water partition coefficient (Wildman–Crippen LogP) is 3.19. The van der Waals surface area contributed by atoms with Gasteiger partial charge in [0.1, 0.15) is 0 Å². The maximum absolute atomic E-state index is 12.9. The number of likely N-dealkylation sites (tertiary alicyclic amines) is 1. The molecule has 2 aromatic rings. The predicted molar refractivity (Wildman–Crippen MR) is 106 cm³/mol. The zero-order valence-corrected chi connectivity index (χ0v) is 16.0. The fourth-order valence-corrected chi connectivity index (χ4v) is 3.48. The SMILES string of the molecule is O=C(NCC(=O)N1CCCCC1)C(Cc1cccnc1)c1ccc(Cl)cc1. The topological polar surface area (TPSA) is 62.3 Å². The standard InChI is InChI=1S/C21H24ClN3O2/c22-18-8-6-17(7-9-18)19(13-16-5-4-10-23-14-16)21(27)24-15-20(26)25-11-2-1-3-12-25/h4-10,14,19H,1-3,11-13,15H2,(H,24,27). The molecule has 2 amide bonds. The van der Waals surface area contributed by atoms with Crippen molar-refractivity contribution in [3.63, 3.8) is 0 Å². The molecule has 142 valence electrons. The molecule has 0 aliphatic carbocycles. The van der Waals surface area contributed by atoms with Gasteiger partial charge in [-0.15, -0.1) is 0 Å². The largest absolute Gasteiger partial charge is 0.346 e. The van der Waals surface area contributed by atoms with E-state index in [1.807, 2.05) is 29.2 Å². The summed E-state index contributed by atoms with van der Waals surface area (Å²) in [6.07, 6.45) is 7.22. The minimum absolute atomic E-state index is 0.0146. The van der Waals surface area contributed by atoms with Crippen molar-refractivity contribution in [3.8, 4) is 0 Å². The number of aromatic nitrogens is 1. The van der Waals surface area contributed by atoms with Gasteiger partial charge in [-0.25, -0.2) is 0 Å². The summed E-state index contributed by atoms with van der Waals surface area (Å²) in [5.41, 5.74) is 1.83. The van der Waals surface area contributed by atoms with Crippen LogP contribution in [0.5, 0.6) is 0 Å². The van der Waals surface area contributed by atoms with Gasteiger partial charge < -0.3 is 10.2 Å². The summed E-state index contributed by atoms with van der Waals surface area (Å²) in [7, 11) is 0. The molecule has 5 nitrogen and oxygen atoms in total. The van der Waals surface area contributed by atoms with Gasteiger partial charge in [-0.3, -0.25) is 14.6 Å². The Morgan fingerprint density at radius 3 is 2.52 bits per heavy atom. The van der Waals surface area contributed by atoms with Crippen molar-refractivity contribution >= 4 is 23.4 Å². The second-order valence-electron chi connectivity index (χ2n) is 6.83. The van der Waals surface area contributed by atoms with E-state index in [4.69, 9.17) is 11.6 Å². The molecular weight excluding hydrogens is 362 g/mol. The number of nitrogens with one attached hydrogen (secondary N) is 1. The highest BCUT2D eigenvalue weighted by Gasteiger charge is 2.23. The molecule has 1 aromatic carbocycles. The van der Waals surface area contributed by atoms with Crippen LogP contribution in [-0.4, -0.2) is 41.3 Å². The molecule has 6 heteroatoms. The van der Waals surface area contributed by atoms with Crippen LogP contribution < -0.4 is 5.32 Å². The molecule has 3 rings (SSSR count). The van der Waals surface area contributed by atoms with E-state index in [0.29, 0.717) is 11.4 Å². The fraction of sp³-hybridized carbons (Fsp3) is 0.381. The summed E-state index contributed by atoms with van der Waals surface area (Å²) < 4.78 is 0. The third-order valence-corrected chi connectivity index (χ3v) is 5.13. The average molecular weight is 386 g/mol. The number of carbonyl (C=O) groups is 2. The highest BCUT2D eigenvalue weighted by Crippen LogP contribution is 2.23. The van der Waals surface area contributed by atoms with Gasteiger partial charge in [0.15, 0.2) is 0 Å². The molecule has 2 heterocycles. The summed E-state index contributed by atoms with van der Waals surface area (Å²) in [6, 6.07) is 11.1. The van der Waals surface area contributed by atoms with Crippen LogP contribution in [0, 0.1) is 0 Å². The zero-order chi connectivity index (χ0) is 19.1. The number of hydrogen-bond donors (Lipinski definition) is 1. The van der Waals surface area contributed by atoms with Gasteiger partial charge in [-0.1, -0.05) is 29.8 Å². The molecule has 1 unspecified atom stereocenters. The van der Waals surface area contributed by atoms with Gasteiger partial charge in [-0.05, 0) is 55.0 Å². The monoisotopic (exact) mass is 385 g/mol. The van der Waals surface area contributed by atoms with E-state index in [9.17, 15) is 9.59 Å². The first-order valence-electron chi connectivity index (χ1n) is 9.33. The Balaban J connectivity index is 1.68. The second-order valence-corrected chi connectivity index (χ2v) is 7.27. The highest BCUT2D eigenvalue weighted by atomic mass is 35.5. The Kier molecular flexibility index (Phi) is 6.82. The van der Waals surface area contributed by atoms with Gasteiger partial charge in [0.05, 0.1) is 12.5 Å². The molecule has 1 atom stereocenters. The molecular formula is C21H24ClN3O2. The number of nitrogens with zero attached hydrogens (tertiary/aromatic N) is 2. The molecule has 1 aliphatic heterocycles. The second kappa shape index (κ2) is 9.51. The number of hydrogen-bond acceptors (Lipinski definition) is 3. The first kappa shape index (κ1) is 19.4. The Labute approximate surface area is 164 Å². The van der Waals surface area contributed by atoms with Crippen molar-refractivity contribution in [2.45, 2.75) is 31.6 Å². The van der Waals surface area contributed by atoms with Crippen LogP contribution in [0.25, 0.3) is 0 Å². The summed E-state index contributed by atoms with van der Waals surface area (Å²) in [5.74, 6) is -0.577. The van der Waals surface area contributed by atoms with Crippen molar-refractivity contribution in [1.82, 2.24) is 15.2 Å². The summed E-state index contributed by atoms with van der Waals surface area (Å²) in [6.45, 7) is 1.60. The van der Waals surface area contributed by atoms with Crippen molar-refractivity contribution in [1.29, 1.82) is 0 Å². The first-order chi connectivity index (χ1) is 13.1. The summed E-state index contributed by atoms with van der Waals surface area (Å²) in [4.78, 5) is 31.2. The van der Waals surface area contributed by atoms with Crippen LogP contribution in [-0.2, 0) is 16.0 Å². The average Bonchev–Trinajstić information content (AvgIpc) is 2.72. The number of piperidine rings is 1. The third-order valence-electron chi connectivity index (χ3n) is 4.87. The van der Waals surface area contributed by atoms with E-state index in [2.05, 4.69) is 10.3 Å². The fourth-order valence-electron chi connectivity index (χ4n) is 3.35. The van der Waals surface area contributed by atoms with Crippen LogP contribution >= 0.6 is 11.6 Å². The quantitative estimate of drug-likeness (QED) is 0.830. The maximum atomic E-state index is 12.9. The minimum atomic E-state index is -0.402. The number of pyridine rings is 1. The van der Waals surface area contributed by atoms with Gasteiger partial charge in [0.2, 0.25) is 11.8 Å². The van der Waals surface area contributed by atoms with Gasteiger partial charge in [0, 0.05) is 30.5 Å². The molecule has 1 aliphatic rings. The van der Waals surface area contributed by atoms with E-state index >= 15 is 0 Å². The molecule has 27 heavy (non-hydrogen) atoms. The van der Waals surface area contributed by atoms with E-state index in [-0.39, 0.29) is 18.4 Å². The highest BCUT2D eigenvalue weighted by molar-refractivity contribution is 6.30. The molecule has 1 fully saturated rings. The molecule has 1 saturated heterocycles. The number of halogens is 1. The first-order valence-corrected chi connectivity index (χ1v) is 9.71. The molecule has 1 N–H and O–H groups in total. The summed E-state index contributed by atoms with van der Waals surface area (Å²) >= 11 is 5.98. The Hall–Kier alpha value is -2.40. The lowest BCUT2D eigenvalue weighted by Gasteiger charge is -2.27. The number of carbonyl (C=O) groups excluding carboxylic acids is 2. The third kappa shape index (κ3) is 5.54. The smallest absolute Gasteiger partial charge is 0.241 e. The molecule has 1 aromatic heterocycles. The maximum Gasteiger partial charge on any atom is 0.241 e. The molecule has 0 bridgehead atoms. The van der Waals surface area contributed by atoms with Gasteiger partial charge in [0.25, 0.3) is 0 Å². The van der Waals surface area contributed by atoms with Crippen LogP contribution in [0.3, 0.4) is 0 Å². The van der Waals surface area contributed by atoms with Crippen LogP contribution in [0.2, 0.25) is 5.02 Å².